The van der Waals surface area contributed by atoms with Crippen molar-refractivity contribution in [2.24, 2.45) is 0 Å². The Hall–Kier alpha value is -1.32. The molecule has 96 valence electrons. The van der Waals surface area contributed by atoms with Crippen molar-refractivity contribution in [3.8, 4) is 0 Å². The van der Waals surface area contributed by atoms with Gasteiger partial charge in [-0.05, 0) is 32.1 Å². The minimum atomic E-state index is -0.449. The van der Waals surface area contributed by atoms with Crippen LogP contribution in [0.3, 0.4) is 0 Å². The topological polar surface area (TPSA) is 52.6 Å². The Balaban J connectivity index is 2.47. The lowest BCUT2D eigenvalue weighted by Gasteiger charge is -2.27. The van der Waals surface area contributed by atoms with Crippen LogP contribution in [0.4, 0.5) is 0 Å². The molecule has 4 nitrogen and oxygen atoms in total. The van der Waals surface area contributed by atoms with E-state index in [2.05, 4.69) is 6.58 Å². The fourth-order valence-corrected chi connectivity index (χ4v) is 2.06. The molecule has 1 rings (SSSR count). The van der Waals surface area contributed by atoms with Crippen LogP contribution in [0.25, 0.3) is 0 Å². The molecule has 0 atom stereocenters. The summed E-state index contributed by atoms with van der Waals surface area (Å²) in [6, 6.07) is 0. The van der Waals surface area contributed by atoms with E-state index in [4.69, 9.17) is 9.47 Å². The van der Waals surface area contributed by atoms with E-state index in [1.807, 2.05) is 6.92 Å². The lowest BCUT2D eigenvalue weighted by molar-refractivity contribution is -0.155. The maximum absolute atomic E-state index is 11.8. The molecule has 0 N–H and O–H groups in total. The zero-order valence-corrected chi connectivity index (χ0v) is 10.6. The SMILES string of the molecule is C=C(COC(C)=O)C(=O)OC1(CC)CCCC1. The number of ether oxygens (including phenoxy) is 2. The van der Waals surface area contributed by atoms with Gasteiger partial charge in [0.05, 0.1) is 5.57 Å². The molecule has 1 aliphatic rings. The Morgan fingerprint density at radius 3 is 2.35 bits per heavy atom. The third kappa shape index (κ3) is 3.88. The van der Waals surface area contributed by atoms with Crippen LogP contribution in [0.15, 0.2) is 12.2 Å². The minimum Gasteiger partial charge on any atom is -0.461 e. The molecule has 1 aliphatic carbocycles. The van der Waals surface area contributed by atoms with Crippen LogP contribution in [0, 0.1) is 0 Å². The summed E-state index contributed by atoms with van der Waals surface area (Å²) in [7, 11) is 0. The third-order valence-corrected chi connectivity index (χ3v) is 3.21. The molecule has 0 radical (unpaired) electrons. The second-order valence-corrected chi connectivity index (χ2v) is 4.52. The van der Waals surface area contributed by atoms with E-state index in [1.54, 1.807) is 0 Å². The first-order chi connectivity index (χ1) is 7.99. The van der Waals surface area contributed by atoms with E-state index in [1.165, 1.54) is 6.92 Å². The lowest BCUT2D eigenvalue weighted by Crippen LogP contribution is -2.32. The maximum atomic E-state index is 11.8. The number of rotatable bonds is 5. The molecule has 17 heavy (non-hydrogen) atoms. The van der Waals surface area contributed by atoms with Gasteiger partial charge in [0, 0.05) is 6.92 Å². The van der Waals surface area contributed by atoms with E-state index in [9.17, 15) is 9.59 Å². The van der Waals surface area contributed by atoms with Gasteiger partial charge in [0.25, 0.3) is 0 Å². The van der Waals surface area contributed by atoms with Crippen molar-refractivity contribution in [3.05, 3.63) is 12.2 Å². The second-order valence-electron chi connectivity index (χ2n) is 4.52. The predicted octanol–water partition coefficient (Wildman–Crippen LogP) is 2.37. The van der Waals surface area contributed by atoms with Crippen LogP contribution in [-0.4, -0.2) is 24.1 Å². The number of hydrogen-bond acceptors (Lipinski definition) is 4. The van der Waals surface area contributed by atoms with Gasteiger partial charge in [-0.15, -0.1) is 0 Å². The number of hydrogen-bond donors (Lipinski definition) is 0. The van der Waals surface area contributed by atoms with E-state index < -0.39 is 11.9 Å². The zero-order chi connectivity index (χ0) is 12.9. The molecule has 0 heterocycles. The minimum absolute atomic E-state index is 0.0893. The van der Waals surface area contributed by atoms with Crippen molar-refractivity contribution in [1.29, 1.82) is 0 Å². The highest BCUT2D eigenvalue weighted by Gasteiger charge is 2.36. The first-order valence-electron chi connectivity index (χ1n) is 6.03. The molecule has 0 aliphatic heterocycles. The van der Waals surface area contributed by atoms with Gasteiger partial charge in [-0.2, -0.15) is 0 Å². The van der Waals surface area contributed by atoms with Gasteiger partial charge in [0.2, 0.25) is 0 Å². The van der Waals surface area contributed by atoms with Crippen LogP contribution in [0.5, 0.6) is 0 Å². The van der Waals surface area contributed by atoms with Gasteiger partial charge >= 0.3 is 11.9 Å². The molecular formula is C13H20O4. The van der Waals surface area contributed by atoms with Crippen LogP contribution in [0.1, 0.15) is 46.0 Å². The summed E-state index contributed by atoms with van der Waals surface area (Å²) >= 11 is 0. The molecule has 1 saturated carbocycles. The van der Waals surface area contributed by atoms with Crippen LogP contribution >= 0.6 is 0 Å². The largest absolute Gasteiger partial charge is 0.461 e. The number of carbonyl (C=O) groups is 2. The third-order valence-electron chi connectivity index (χ3n) is 3.21. The van der Waals surface area contributed by atoms with Crippen molar-refractivity contribution < 1.29 is 19.1 Å². The molecule has 0 bridgehead atoms. The highest BCUT2D eigenvalue weighted by atomic mass is 16.6. The van der Waals surface area contributed by atoms with Crippen molar-refractivity contribution in [3.63, 3.8) is 0 Å². The van der Waals surface area contributed by atoms with Gasteiger partial charge in [-0.1, -0.05) is 13.5 Å². The first kappa shape index (κ1) is 13.7. The van der Waals surface area contributed by atoms with Crippen molar-refractivity contribution in [1.82, 2.24) is 0 Å². The summed E-state index contributed by atoms with van der Waals surface area (Å²) in [6.45, 7) is 6.81. The van der Waals surface area contributed by atoms with Crippen molar-refractivity contribution in [2.45, 2.75) is 51.6 Å². The monoisotopic (exact) mass is 240 g/mol. The normalized spacial score (nSPS) is 17.5. The fourth-order valence-electron chi connectivity index (χ4n) is 2.06. The van der Waals surface area contributed by atoms with E-state index in [0.717, 1.165) is 32.1 Å². The second kappa shape index (κ2) is 5.84. The van der Waals surface area contributed by atoms with E-state index in [0.29, 0.717) is 0 Å². The van der Waals surface area contributed by atoms with Gasteiger partial charge in [-0.3, -0.25) is 4.79 Å². The molecule has 0 amide bonds. The van der Waals surface area contributed by atoms with E-state index in [-0.39, 0.29) is 17.8 Å². The van der Waals surface area contributed by atoms with Crippen molar-refractivity contribution in [2.75, 3.05) is 6.61 Å². The molecule has 0 unspecified atom stereocenters. The molecule has 0 aromatic rings. The molecule has 1 fully saturated rings. The Morgan fingerprint density at radius 1 is 1.29 bits per heavy atom. The molecule has 4 heteroatoms. The molecule has 0 aromatic heterocycles. The fraction of sp³-hybridized carbons (Fsp3) is 0.692. The summed E-state index contributed by atoms with van der Waals surface area (Å²) in [4.78, 5) is 22.4. The molecular weight excluding hydrogens is 220 g/mol. The summed E-state index contributed by atoms with van der Waals surface area (Å²) in [6.07, 6.45) is 4.83. The number of carbonyl (C=O) groups excluding carboxylic acids is 2. The zero-order valence-electron chi connectivity index (χ0n) is 10.6. The number of esters is 2. The summed E-state index contributed by atoms with van der Waals surface area (Å²) in [5.74, 6) is -0.875. The molecule has 0 saturated heterocycles. The summed E-state index contributed by atoms with van der Waals surface area (Å²) in [5.41, 5.74) is -0.129. The predicted molar refractivity (Wildman–Crippen MR) is 63.4 cm³/mol. The van der Waals surface area contributed by atoms with Gasteiger partial charge in [-0.25, -0.2) is 4.79 Å². The molecule has 0 spiro atoms. The Kier molecular flexibility index (Phi) is 4.73. The lowest BCUT2D eigenvalue weighted by atomic mass is 9.99. The van der Waals surface area contributed by atoms with Crippen LogP contribution in [-0.2, 0) is 19.1 Å². The van der Waals surface area contributed by atoms with Gasteiger partial charge in [0.1, 0.15) is 12.2 Å². The Bertz CT molecular complexity index is 313. The Morgan fingerprint density at radius 2 is 1.88 bits per heavy atom. The smallest absolute Gasteiger partial charge is 0.337 e. The van der Waals surface area contributed by atoms with Crippen LogP contribution < -0.4 is 0 Å². The highest BCUT2D eigenvalue weighted by molar-refractivity contribution is 5.88. The van der Waals surface area contributed by atoms with Gasteiger partial charge in [0.15, 0.2) is 0 Å². The van der Waals surface area contributed by atoms with Crippen LogP contribution in [0.2, 0.25) is 0 Å². The van der Waals surface area contributed by atoms with Crippen molar-refractivity contribution >= 4 is 11.9 Å². The first-order valence-corrected chi connectivity index (χ1v) is 6.03. The molecule has 0 aromatic carbocycles. The van der Waals surface area contributed by atoms with E-state index >= 15 is 0 Å². The average molecular weight is 240 g/mol. The standard InChI is InChI=1S/C13H20O4/c1-4-13(7-5-6-8-13)17-12(15)10(2)9-16-11(3)14/h2,4-9H2,1,3H3. The quantitative estimate of drug-likeness (QED) is 0.547. The summed E-state index contributed by atoms with van der Waals surface area (Å²) in [5, 5.41) is 0. The average Bonchev–Trinajstić information content (AvgIpc) is 2.75. The summed E-state index contributed by atoms with van der Waals surface area (Å²) < 4.78 is 10.2. The highest BCUT2D eigenvalue weighted by Crippen LogP contribution is 2.36. The maximum Gasteiger partial charge on any atom is 0.337 e. The van der Waals surface area contributed by atoms with Gasteiger partial charge < -0.3 is 9.47 Å². The Labute approximate surface area is 102 Å².